The molecule has 1 aliphatic carbocycles. The first-order chi connectivity index (χ1) is 9.31. The molecule has 19 heavy (non-hydrogen) atoms. The quantitative estimate of drug-likeness (QED) is 0.814. The summed E-state index contributed by atoms with van der Waals surface area (Å²) in [4.78, 5) is 0. The summed E-state index contributed by atoms with van der Waals surface area (Å²) < 4.78 is 11.0. The summed E-state index contributed by atoms with van der Waals surface area (Å²) in [5.74, 6) is 1.58. The van der Waals surface area contributed by atoms with Crippen molar-refractivity contribution in [2.75, 3.05) is 18.5 Å². The van der Waals surface area contributed by atoms with Gasteiger partial charge in [-0.2, -0.15) is 0 Å². The lowest BCUT2D eigenvalue weighted by molar-refractivity contribution is 0.171. The highest BCUT2D eigenvalue weighted by molar-refractivity contribution is 7.80. The molecular formula is C14H18N2O2S. The lowest BCUT2D eigenvalue weighted by atomic mass is 10.2. The molecule has 1 aliphatic heterocycles. The maximum absolute atomic E-state index is 5.55. The highest BCUT2D eigenvalue weighted by atomic mass is 32.1. The zero-order valence-corrected chi connectivity index (χ0v) is 11.6. The van der Waals surface area contributed by atoms with Gasteiger partial charge in [0.05, 0.1) is 0 Å². The molecule has 102 valence electrons. The van der Waals surface area contributed by atoms with Crippen LogP contribution >= 0.6 is 12.2 Å². The van der Waals surface area contributed by atoms with Crippen LogP contribution in [0.1, 0.15) is 25.7 Å². The summed E-state index contributed by atoms with van der Waals surface area (Å²) in [7, 11) is 0. The van der Waals surface area contributed by atoms with Crippen LogP contribution < -0.4 is 20.1 Å². The van der Waals surface area contributed by atoms with E-state index in [0.29, 0.717) is 24.4 Å². The minimum absolute atomic E-state index is 0.525. The highest BCUT2D eigenvalue weighted by Gasteiger charge is 2.16. The number of rotatable bonds is 2. The molecule has 0 unspecified atom stereocenters. The molecular weight excluding hydrogens is 260 g/mol. The first-order valence-electron chi connectivity index (χ1n) is 6.78. The van der Waals surface area contributed by atoms with Crippen LogP contribution in [-0.2, 0) is 0 Å². The molecule has 5 heteroatoms. The van der Waals surface area contributed by atoms with Crippen LogP contribution in [0, 0.1) is 0 Å². The second kappa shape index (κ2) is 5.65. The topological polar surface area (TPSA) is 42.5 Å². The maximum atomic E-state index is 5.55. The van der Waals surface area contributed by atoms with E-state index >= 15 is 0 Å². The van der Waals surface area contributed by atoms with Gasteiger partial charge < -0.3 is 20.1 Å². The standard InChI is InChI=1S/C14H18N2O2S/c19-14(15-10-3-1-2-4-10)16-11-5-6-12-13(9-11)18-8-7-17-12/h5-6,9-10H,1-4,7-8H2,(H2,15,16,19). The van der Waals surface area contributed by atoms with Crippen molar-refractivity contribution in [1.29, 1.82) is 0 Å². The van der Waals surface area contributed by atoms with E-state index in [1.807, 2.05) is 18.2 Å². The molecule has 0 aromatic heterocycles. The van der Waals surface area contributed by atoms with E-state index in [-0.39, 0.29) is 0 Å². The van der Waals surface area contributed by atoms with E-state index in [2.05, 4.69) is 10.6 Å². The molecule has 2 aliphatic rings. The average molecular weight is 278 g/mol. The molecule has 2 N–H and O–H groups in total. The first-order valence-corrected chi connectivity index (χ1v) is 7.19. The molecule has 4 nitrogen and oxygen atoms in total. The number of hydrogen-bond acceptors (Lipinski definition) is 3. The fourth-order valence-electron chi connectivity index (χ4n) is 2.54. The van der Waals surface area contributed by atoms with Gasteiger partial charge in [-0.3, -0.25) is 0 Å². The maximum Gasteiger partial charge on any atom is 0.170 e. The van der Waals surface area contributed by atoms with E-state index < -0.39 is 0 Å². The third-order valence-corrected chi connectivity index (χ3v) is 3.71. The van der Waals surface area contributed by atoms with Crippen molar-refractivity contribution in [1.82, 2.24) is 5.32 Å². The van der Waals surface area contributed by atoms with Crippen molar-refractivity contribution >= 4 is 23.0 Å². The number of nitrogens with one attached hydrogen (secondary N) is 2. The highest BCUT2D eigenvalue weighted by Crippen LogP contribution is 2.32. The molecule has 0 amide bonds. The normalized spacial score (nSPS) is 18.1. The second-order valence-corrected chi connectivity index (χ2v) is 5.35. The van der Waals surface area contributed by atoms with E-state index in [4.69, 9.17) is 21.7 Å². The number of ether oxygens (including phenoxy) is 2. The molecule has 1 aromatic carbocycles. The van der Waals surface area contributed by atoms with Gasteiger partial charge in [0.2, 0.25) is 0 Å². The van der Waals surface area contributed by atoms with Gasteiger partial charge in [-0.1, -0.05) is 12.8 Å². The fourth-order valence-corrected chi connectivity index (χ4v) is 2.83. The largest absolute Gasteiger partial charge is 0.486 e. The first kappa shape index (κ1) is 12.5. The van der Waals surface area contributed by atoms with Crippen LogP contribution in [0.3, 0.4) is 0 Å². The summed E-state index contributed by atoms with van der Waals surface area (Å²) >= 11 is 5.33. The minimum Gasteiger partial charge on any atom is -0.486 e. The van der Waals surface area contributed by atoms with Crippen molar-refractivity contribution in [2.24, 2.45) is 0 Å². The van der Waals surface area contributed by atoms with Gasteiger partial charge >= 0.3 is 0 Å². The monoisotopic (exact) mass is 278 g/mol. The predicted molar refractivity (Wildman–Crippen MR) is 79.0 cm³/mol. The van der Waals surface area contributed by atoms with Gasteiger partial charge in [0.25, 0.3) is 0 Å². The Morgan fingerprint density at radius 1 is 1.11 bits per heavy atom. The summed E-state index contributed by atoms with van der Waals surface area (Å²) in [6.45, 7) is 1.21. The number of anilines is 1. The van der Waals surface area contributed by atoms with Gasteiger partial charge in [0.1, 0.15) is 13.2 Å². The van der Waals surface area contributed by atoms with Gasteiger partial charge in [0.15, 0.2) is 16.6 Å². The Bertz CT molecular complexity index is 473. The molecule has 1 aromatic rings. The van der Waals surface area contributed by atoms with E-state index in [1.54, 1.807) is 0 Å². The summed E-state index contributed by atoms with van der Waals surface area (Å²) in [6.07, 6.45) is 5.01. The Morgan fingerprint density at radius 2 is 1.84 bits per heavy atom. The third-order valence-electron chi connectivity index (χ3n) is 3.49. The van der Waals surface area contributed by atoms with Crippen LogP contribution in [0.2, 0.25) is 0 Å². The van der Waals surface area contributed by atoms with Crippen LogP contribution in [0.4, 0.5) is 5.69 Å². The molecule has 0 spiro atoms. The molecule has 3 rings (SSSR count). The van der Waals surface area contributed by atoms with Gasteiger partial charge in [-0.15, -0.1) is 0 Å². The summed E-state index contributed by atoms with van der Waals surface area (Å²) in [5, 5.41) is 7.24. The molecule has 1 saturated carbocycles. The number of benzene rings is 1. The SMILES string of the molecule is S=C(Nc1ccc2c(c1)OCCO2)NC1CCCC1. The van der Waals surface area contributed by atoms with Crippen molar-refractivity contribution in [2.45, 2.75) is 31.7 Å². The fraction of sp³-hybridized carbons (Fsp3) is 0.500. The van der Waals surface area contributed by atoms with E-state index in [1.165, 1.54) is 25.7 Å². The van der Waals surface area contributed by atoms with Gasteiger partial charge in [-0.25, -0.2) is 0 Å². The van der Waals surface area contributed by atoms with E-state index in [9.17, 15) is 0 Å². The van der Waals surface area contributed by atoms with Gasteiger partial charge in [-0.05, 0) is 37.2 Å². The van der Waals surface area contributed by atoms with Crippen molar-refractivity contribution in [3.63, 3.8) is 0 Å². The molecule has 1 fully saturated rings. The lowest BCUT2D eigenvalue weighted by Gasteiger charge is -2.20. The molecule has 0 radical (unpaired) electrons. The summed E-state index contributed by atoms with van der Waals surface area (Å²) in [6, 6.07) is 6.32. The van der Waals surface area contributed by atoms with Crippen LogP contribution in [-0.4, -0.2) is 24.4 Å². The molecule has 1 heterocycles. The second-order valence-electron chi connectivity index (χ2n) is 4.94. The van der Waals surface area contributed by atoms with E-state index in [0.717, 1.165) is 17.2 Å². The zero-order chi connectivity index (χ0) is 13.1. The Labute approximate surface area is 118 Å². The van der Waals surface area contributed by atoms with Crippen molar-refractivity contribution < 1.29 is 9.47 Å². The number of fused-ring (bicyclic) bond motifs is 1. The smallest absolute Gasteiger partial charge is 0.170 e. The van der Waals surface area contributed by atoms with Crippen LogP contribution in [0.5, 0.6) is 11.5 Å². The van der Waals surface area contributed by atoms with Crippen molar-refractivity contribution in [3.05, 3.63) is 18.2 Å². The third kappa shape index (κ3) is 3.10. The summed E-state index contributed by atoms with van der Waals surface area (Å²) in [5.41, 5.74) is 0.930. The Hall–Kier alpha value is -1.49. The molecule has 0 saturated heterocycles. The molecule has 0 bridgehead atoms. The van der Waals surface area contributed by atoms with Crippen LogP contribution in [0.25, 0.3) is 0 Å². The Kier molecular flexibility index (Phi) is 3.73. The van der Waals surface area contributed by atoms with Crippen molar-refractivity contribution in [3.8, 4) is 11.5 Å². The molecule has 0 atom stereocenters. The lowest BCUT2D eigenvalue weighted by Crippen LogP contribution is -2.35. The zero-order valence-electron chi connectivity index (χ0n) is 10.8. The average Bonchev–Trinajstić information content (AvgIpc) is 2.91. The minimum atomic E-state index is 0.525. The Balaban J connectivity index is 1.61. The number of hydrogen-bond donors (Lipinski definition) is 2. The predicted octanol–water partition coefficient (Wildman–Crippen LogP) is 2.69. The van der Waals surface area contributed by atoms with Gasteiger partial charge in [0, 0.05) is 17.8 Å². The number of thiocarbonyl (C=S) groups is 1. The Morgan fingerprint density at radius 3 is 2.63 bits per heavy atom. The van der Waals surface area contributed by atoms with Crippen LogP contribution in [0.15, 0.2) is 18.2 Å².